The molecular weight excluding hydrogens is 374 g/mol. The molecule has 1 aromatic carbocycles. The third kappa shape index (κ3) is 5.98. The van der Waals surface area contributed by atoms with Crippen LogP contribution in [0.15, 0.2) is 35.3 Å². The second-order valence-corrected chi connectivity index (χ2v) is 8.00. The lowest BCUT2D eigenvalue weighted by Crippen LogP contribution is -2.46. The van der Waals surface area contributed by atoms with Crippen LogP contribution in [0.1, 0.15) is 29.8 Å². The number of aliphatic imine (C=N–C) groups is 1. The minimum atomic E-state index is 0.747. The van der Waals surface area contributed by atoms with Crippen molar-refractivity contribution in [2.24, 2.45) is 12.0 Å². The van der Waals surface area contributed by atoms with Gasteiger partial charge in [-0.25, -0.2) is 0 Å². The normalized spacial score (nSPS) is 15.5. The number of hydrogen-bond donors (Lipinski definition) is 2. The van der Waals surface area contributed by atoms with E-state index >= 15 is 0 Å². The summed E-state index contributed by atoms with van der Waals surface area (Å²) in [5, 5.41) is 11.3. The Morgan fingerprint density at radius 1 is 1.03 bits per heavy atom. The summed E-state index contributed by atoms with van der Waals surface area (Å²) in [7, 11) is 3.81. The summed E-state index contributed by atoms with van der Waals surface area (Å²) >= 11 is 0. The van der Waals surface area contributed by atoms with Crippen molar-refractivity contribution < 1.29 is 0 Å². The van der Waals surface area contributed by atoms with Crippen LogP contribution in [0, 0.1) is 13.8 Å². The number of aromatic nitrogens is 2. The van der Waals surface area contributed by atoms with Crippen molar-refractivity contribution in [3.8, 4) is 0 Å². The van der Waals surface area contributed by atoms with Gasteiger partial charge in [0.15, 0.2) is 5.96 Å². The van der Waals surface area contributed by atoms with Crippen LogP contribution in [0.25, 0.3) is 0 Å². The molecule has 1 aromatic heterocycles. The van der Waals surface area contributed by atoms with Gasteiger partial charge in [-0.05, 0) is 45.4 Å². The number of guanidine groups is 1. The average Bonchev–Trinajstić information content (AvgIpc) is 3.02. The number of para-hydroxylation sites is 1. The second kappa shape index (κ2) is 11.0. The Labute approximate surface area is 181 Å². The van der Waals surface area contributed by atoms with E-state index in [4.69, 9.17) is 0 Å². The van der Waals surface area contributed by atoms with Gasteiger partial charge in [-0.1, -0.05) is 18.2 Å². The molecule has 7 nitrogen and oxygen atoms in total. The van der Waals surface area contributed by atoms with E-state index in [0.717, 1.165) is 57.3 Å². The van der Waals surface area contributed by atoms with Crippen molar-refractivity contribution in [1.29, 1.82) is 0 Å². The summed E-state index contributed by atoms with van der Waals surface area (Å²) in [5.74, 6) is 0.856. The Morgan fingerprint density at radius 2 is 1.77 bits per heavy atom. The molecule has 0 radical (unpaired) electrons. The zero-order chi connectivity index (χ0) is 21.3. The van der Waals surface area contributed by atoms with Crippen molar-refractivity contribution in [1.82, 2.24) is 25.3 Å². The molecule has 0 amide bonds. The molecule has 2 aromatic rings. The predicted molar refractivity (Wildman–Crippen MR) is 125 cm³/mol. The molecule has 30 heavy (non-hydrogen) atoms. The van der Waals surface area contributed by atoms with Crippen molar-refractivity contribution in [3.63, 3.8) is 0 Å². The maximum atomic E-state index is 4.48. The molecular formula is C23H37N7. The zero-order valence-corrected chi connectivity index (χ0v) is 19.0. The van der Waals surface area contributed by atoms with Crippen LogP contribution in [-0.4, -0.2) is 67.0 Å². The van der Waals surface area contributed by atoms with Gasteiger partial charge >= 0.3 is 0 Å². The van der Waals surface area contributed by atoms with Crippen molar-refractivity contribution >= 4 is 11.6 Å². The molecule has 0 aliphatic carbocycles. The molecule has 164 valence electrons. The lowest BCUT2D eigenvalue weighted by Gasteiger charge is -2.36. The van der Waals surface area contributed by atoms with Crippen LogP contribution in [0.2, 0.25) is 0 Å². The maximum Gasteiger partial charge on any atom is 0.191 e. The molecule has 0 atom stereocenters. The molecule has 3 rings (SSSR count). The summed E-state index contributed by atoms with van der Waals surface area (Å²) in [6, 6.07) is 10.7. The monoisotopic (exact) mass is 411 g/mol. The molecule has 0 saturated carbocycles. The maximum absolute atomic E-state index is 4.48. The fourth-order valence-corrected chi connectivity index (χ4v) is 4.00. The Balaban J connectivity index is 1.29. The standard InChI is InChI=1S/C23H37N7/c1-19-22(20(2)28(4)27-19)18-26-23(24-3)25-12-8-9-13-29-14-16-30(17-15-29)21-10-6-5-7-11-21/h5-7,10-11H,8-9,12-18H2,1-4H3,(H2,24,25,26). The highest BCUT2D eigenvalue weighted by atomic mass is 15.3. The zero-order valence-electron chi connectivity index (χ0n) is 19.0. The minimum Gasteiger partial charge on any atom is -0.369 e. The van der Waals surface area contributed by atoms with E-state index in [2.05, 4.69) is 74.7 Å². The summed E-state index contributed by atoms with van der Waals surface area (Å²) < 4.78 is 1.93. The molecule has 0 unspecified atom stereocenters. The first-order valence-electron chi connectivity index (χ1n) is 11.0. The number of anilines is 1. The van der Waals surface area contributed by atoms with Crippen LogP contribution in [-0.2, 0) is 13.6 Å². The molecule has 1 fully saturated rings. The SMILES string of the molecule is CN=C(NCCCCN1CCN(c2ccccc2)CC1)NCc1c(C)nn(C)c1C. The van der Waals surface area contributed by atoms with Crippen molar-refractivity contribution in [3.05, 3.63) is 47.3 Å². The molecule has 2 N–H and O–H groups in total. The quantitative estimate of drug-likeness (QED) is 0.397. The van der Waals surface area contributed by atoms with E-state index in [1.165, 1.54) is 29.9 Å². The number of hydrogen-bond acceptors (Lipinski definition) is 4. The van der Waals surface area contributed by atoms with Crippen molar-refractivity contribution in [2.45, 2.75) is 33.2 Å². The Kier molecular flexibility index (Phi) is 8.13. The number of piperazine rings is 1. The first kappa shape index (κ1) is 22.2. The highest BCUT2D eigenvalue weighted by Gasteiger charge is 2.16. The molecule has 7 heteroatoms. The number of unbranched alkanes of at least 4 members (excludes halogenated alkanes) is 1. The number of aryl methyl sites for hydroxylation is 2. The first-order chi connectivity index (χ1) is 14.6. The summed E-state index contributed by atoms with van der Waals surface area (Å²) in [4.78, 5) is 9.41. The van der Waals surface area contributed by atoms with Crippen LogP contribution in [0.3, 0.4) is 0 Å². The lowest BCUT2D eigenvalue weighted by atomic mass is 10.2. The van der Waals surface area contributed by atoms with Crippen molar-refractivity contribution in [2.75, 3.05) is 51.2 Å². The van der Waals surface area contributed by atoms with E-state index < -0.39 is 0 Å². The van der Waals surface area contributed by atoms with Crippen LogP contribution in [0.4, 0.5) is 5.69 Å². The van der Waals surface area contributed by atoms with Gasteiger partial charge in [-0.2, -0.15) is 5.10 Å². The molecule has 1 aliphatic heterocycles. The van der Waals surface area contributed by atoms with E-state index in [-0.39, 0.29) is 0 Å². The summed E-state index contributed by atoms with van der Waals surface area (Å²) in [6.07, 6.45) is 2.35. The molecule has 0 bridgehead atoms. The number of nitrogens with one attached hydrogen (secondary N) is 2. The Morgan fingerprint density at radius 3 is 2.40 bits per heavy atom. The topological polar surface area (TPSA) is 60.7 Å². The van der Waals surface area contributed by atoms with Crippen LogP contribution < -0.4 is 15.5 Å². The minimum absolute atomic E-state index is 0.747. The lowest BCUT2D eigenvalue weighted by molar-refractivity contribution is 0.253. The summed E-state index contributed by atoms with van der Waals surface area (Å²) in [5.41, 5.74) is 4.86. The van der Waals surface area contributed by atoms with E-state index in [0.29, 0.717) is 0 Å². The number of rotatable bonds is 8. The van der Waals surface area contributed by atoms with Gasteiger partial charge in [-0.3, -0.25) is 14.6 Å². The fraction of sp³-hybridized carbons (Fsp3) is 0.565. The number of benzene rings is 1. The Bertz CT molecular complexity index is 804. The van der Waals surface area contributed by atoms with Crippen LogP contribution >= 0.6 is 0 Å². The predicted octanol–water partition coefficient (Wildman–Crippen LogP) is 2.30. The third-order valence-corrected chi connectivity index (χ3v) is 6.00. The largest absolute Gasteiger partial charge is 0.369 e. The molecule has 2 heterocycles. The van der Waals surface area contributed by atoms with Gasteiger partial charge in [0.1, 0.15) is 0 Å². The summed E-state index contributed by atoms with van der Waals surface area (Å²) in [6.45, 7) is 11.5. The Hall–Kier alpha value is -2.54. The fourth-order valence-electron chi connectivity index (χ4n) is 4.00. The van der Waals surface area contributed by atoms with Gasteiger partial charge in [0.25, 0.3) is 0 Å². The smallest absolute Gasteiger partial charge is 0.191 e. The molecule has 0 spiro atoms. The third-order valence-electron chi connectivity index (χ3n) is 6.00. The van der Waals surface area contributed by atoms with Gasteiger partial charge in [-0.15, -0.1) is 0 Å². The second-order valence-electron chi connectivity index (χ2n) is 8.00. The van der Waals surface area contributed by atoms with E-state index in [1.807, 2.05) is 18.8 Å². The molecule has 1 aliphatic rings. The average molecular weight is 412 g/mol. The van der Waals surface area contributed by atoms with E-state index in [9.17, 15) is 0 Å². The molecule has 1 saturated heterocycles. The van der Waals surface area contributed by atoms with Crippen LogP contribution in [0.5, 0.6) is 0 Å². The highest BCUT2D eigenvalue weighted by molar-refractivity contribution is 5.79. The van der Waals surface area contributed by atoms with Gasteiger partial charge in [0.05, 0.1) is 5.69 Å². The highest BCUT2D eigenvalue weighted by Crippen LogP contribution is 2.15. The van der Waals surface area contributed by atoms with Gasteiger partial charge in [0.2, 0.25) is 0 Å². The number of nitrogens with zero attached hydrogens (tertiary/aromatic N) is 5. The van der Waals surface area contributed by atoms with E-state index in [1.54, 1.807) is 0 Å². The van der Waals surface area contributed by atoms with Gasteiger partial charge < -0.3 is 15.5 Å². The first-order valence-corrected chi connectivity index (χ1v) is 11.0. The van der Waals surface area contributed by atoms with Gasteiger partial charge in [0, 0.05) is 70.3 Å².